The minimum atomic E-state index is 0.144. The first-order valence-corrected chi connectivity index (χ1v) is 8.94. The highest BCUT2D eigenvalue weighted by Gasteiger charge is 2.24. The second-order valence-corrected chi connectivity index (χ2v) is 6.43. The molecule has 1 heterocycles. The van der Waals surface area contributed by atoms with E-state index in [0.717, 1.165) is 60.2 Å². The van der Waals surface area contributed by atoms with Crippen LogP contribution in [0.25, 0.3) is 0 Å². The Kier molecular flexibility index (Phi) is 5.89. The summed E-state index contributed by atoms with van der Waals surface area (Å²) in [5, 5.41) is 0. The lowest BCUT2D eigenvalue weighted by molar-refractivity contribution is 0.138. The third-order valence-electron chi connectivity index (χ3n) is 4.78. The average molecular weight is 357 g/mol. The Morgan fingerprint density at radius 3 is 2.38 bits per heavy atom. The van der Waals surface area contributed by atoms with E-state index in [-0.39, 0.29) is 6.10 Å². The standard InChI is InChI=1S/C21H27NO4/c1-5-16-13-22(12-15-11-17(23-2)9-10-19(15)26-16)14-18-20(24-3)7-6-8-21(18)25-4/h6-11,16H,5,12-14H2,1-4H3. The maximum Gasteiger partial charge on any atom is 0.127 e. The van der Waals surface area contributed by atoms with Gasteiger partial charge in [-0.1, -0.05) is 13.0 Å². The summed E-state index contributed by atoms with van der Waals surface area (Å²) in [5.74, 6) is 3.46. The van der Waals surface area contributed by atoms with Crippen molar-refractivity contribution in [3.05, 3.63) is 47.5 Å². The fourth-order valence-corrected chi connectivity index (χ4v) is 3.37. The van der Waals surface area contributed by atoms with Crippen LogP contribution in [0.4, 0.5) is 0 Å². The highest BCUT2D eigenvalue weighted by Crippen LogP contribution is 2.33. The van der Waals surface area contributed by atoms with Crippen molar-refractivity contribution in [2.45, 2.75) is 32.5 Å². The summed E-state index contributed by atoms with van der Waals surface area (Å²) in [6, 6.07) is 11.9. The van der Waals surface area contributed by atoms with Crippen LogP contribution in [0.5, 0.6) is 23.0 Å². The molecule has 0 spiro atoms. The quantitative estimate of drug-likeness (QED) is 0.784. The van der Waals surface area contributed by atoms with Gasteiger partial charge in [0.25, 0.3) is 0 Å². The molecule has 0 aliphatic carbocycles. The van der Waals surface area contributed by atoms with Crippen LogP contribution in [0.1, 0.15) is 24.5 Å². The zero-order chi connectivity index (χ0) is 18.5. The minimum Gasteiger partial charge on any atom is -0.497 e. The number of rotatable bonds is 6. The Bertz CT molecular complexity index is 725. The van der Waals surface area contributed by atoms with Gasteiger partial charge in [-0.2, -0.15) is 0 Å². The van der Waals surface area contributed by atoms with Gasteiger partial charge in [0.1, 0.15) is 29.1 Å². The highest BCUT2D eigenvalue weighted by molar-refractivity contribution is 5.45. The molecule has 1 atom stereocenters. The number of benzene rings is 2. The van der Waals surface area contributed by atoms with E-state index in [1.165, 1.54) is 0 Å². The van der Waals surface area contributed by atoms with Crippen molar-refractivity contribution < 1.29 is 18.9 Å². The van der Waals surface area contributed by atoms with Gasteiger partial charge >= 0.3 is 0 Å². The van der Waals surface area contributed by atoms with Gasteiger partial charge in [-0.15, -0.1) is 0 Å². The fourth-order valence-electron chi connectivity index (χ4n) is 3.37. The summed E-state index contributed by atoms with van der Waals surface area (Å²) in [6.45, 7) is 4.50. The van der Waals surface area contributed by atoms with Gasteiger partial charge in [-0.05, 0) is 36.8 Å². The van der Waals surface area contributed by atoms with Gasteiger partial charge in [-0.25, -0.2) is 0 Å². The highest BCUT2D eigenvalue weighted by atomic mass is 16.5. The number of ether oxygens (including phenoxy) is 4. The minimum absolute atomic E-state index is 0.144. The molecule has 26 heavy (non-hydrogen) atoms. The van der Waals surface area contributed by atoms with Crippen molar-refractivity contribution in [2.75, 3.05) is 27.9 Å². The molecule has 0 fully saturated rings. The summed E-state index contributed by atoms with van der Waals surface area (Å²) < 4.78 is 22.7. The third-order valence-corrected chi connectivity index (χ3v) is 4.78. The molecular weight excluding hydrogens is 330 g/mol. The molecule has 1 unspecified atom stereocenters. The largest absolute Gasteiger partial charge is 0.497 e. The van der Waals surface area contributed by atoms with Crippen LogP contribution in [0, 0.1) is 0 Å². The summed E-state index contributed by atoms with van der Waals surface area (Å²) in [4.78, 5) is 2.37. The van der Waals surface area contributed by atoms with Crippen LogP contribution in [-0.2, 0) is 13.1 Å². The van der Waals surface area contributed by atoms with Gasteiger partial charge in [0.15, 0.2) is 0 Å². The molecule has 0 N–H and O–H groups in total. The summed E-state index contributed by atoms with van der Waals surface area (Å²) in [5.41, 5.74) is 2.19. The third kappa shape index (κ3) is 3.88. The normalized spacial score (nSPS) is 17.0. The molecular formula is C21H27NO4. The lowest BCUT2D eigenvalue weighted by Crippen LogP contribution is -2.32. The molecule has 5 heteroatoms. The average Bonchev–Trinajstić information content (AvgIpc) is 2.85. The van der Waals surface area contributed by atoms with Crippen LogP contribution < -0.4 is 18.9 Å². The number of hydrogen-bond donors (Lipinski definition) is 0. The zero-order valence-corrected chi connectivity index (χ0v) is 16.0. The Morgan fingerprint density at radius 1 is 1.04 bits per heavy atom. The van der Waals surface area contributed by atoms with E-state index < -0.39 is 0 Å². The van der Waals surface area contributed by atoms with Crippen LogP contribution in [-0.4, -0.2) is 38.9 Å². The molecule has 0 bridgehead atoms. The molecule has 3 rings (SSSR count). The molecule has 2 aromatic carbocycles. The lowest BCUT2D eigenvalue weighted by Gasteiger charge is -2.25. The topological polar surface area (TPSA) is 40.2 Å². The summed E-state index contributed by atoms with van der Waals surface area (Å²) in [7, 11) is 5.07. The number of nitrogens with zero attached hydrogens (tertiary/aromatic N) is 1. The molecule has 0 amide bonds. The molecule has 0 saturated heterocycles. The predicted molar refractivity (Wildman–Crippen MR) is 101 cm³/mol. The number of hydrogen-bond acceptors (Lipinski definition) is 5. The fraction of sp³-hybridized carbons (Fsp3) is 0.429. The second kappa shape index (κ2) is 8.32. The Labute approximate surface area is 155 Å². The van der Waals surface area contributed by atoms with E-state index in [1.807, 2.05) is 30.3 Å². The SMILES string of the molecule is CCC1CN(Cc2c(OC)cccc2OC)Cc2cc(OC)ccc2O1. The molecule has 1 aliphatic rings. The molecule has 0 saturated carbocycles. The first-order chi connectivity index (χ1) is 12.7. The monoisotopic (exact) mass is 357 g/mol. The van der Waals surface area contributed by atoms with Crippen molar-refractivity contribution in [3.63, 3.8) is 0 Å². The molecule has 2 aromatic rings. The van der Waals surface area contributed by atoms with Crippen molar-refractivity contribution in [2.24, 2.45) is 0 Å². The van der Waals surface area contributed by atoms with E-state index in [0.29, 0.717) is 0 Å². The molecule has 0 aromatic heterocycles. The number of methoxy groups -OCH3 is 3. The Hall–Kier alpha value is -2.40. The zero-order valence-electron chi connectivity index (χ0n) is 16.0. The first kappa shape index (κ1) is 18.4. The maximum absolute atomic E-state index is 6.23. The second-order valence-electron chi connectivity index (χ2n) is 6.43. The summed E-state index contributed by atoms with van der Waals surface area (Å²) in [6.07, 6.45) is 1.09. The Morgan fingerprint density at radius 2 is 1.77 bits per heavy atom. The molecule has 5 nitrogen and oxygen atoms in total. The lowest BCUT2D eigenvalue weighted by atomic mass is 10.1. The summed E-state index contributed by atoms with van der Waals surface area (Å²) >= 11 is 0. The van der Waals surface area contributed by atoms with E-state index in [1.54, 1.807) is 21.3 Å². The van der Waals surface area contributed by atoms with Crippen molar-refractivity contribution >= 4 is 0 Å². The Balaban J connectivity index is 1.92. The van der Waals surface area contributed by atoms with Gasteiger partial charge < -0.3 is 18.9 Å². The van der Waals surface area contributed by atoms with Crippen LogP contribution >= 0.6 is 0 Å². The van der Waals surface area contributed by atoms with Gasteiger partial charge in [0, 0.05) is 25.2 Å². The van der Waals surface area contributed by atoms with Crippen LogP contribution in [0.3, 0.4) is 0 Å². The molecule has 1 aliphatic heterocycles. The smallest absolute Gasteiger partial charge is 0.127 e. The van der Waals surface area contributed by atoms with Gasteiger partial charge in [-0.3, -0.25) is 4.90 Å². The molecule has 140 valence electrons. The van der Waals surface area contributed by atoms with Crippen molar-refractivity contribution in [1.82, 2.24) is 4.90 Å². The van der Waals surface area contributed by atoms with E-state index in [4.69, 9.17) is 18.9 Å². The maximum atomic E-state index is 6.23. The van der Waals surface area contributed by atoms with E-state index >= 15 is 0 Å². The number of fused-ring (bicyclic) bond motifs is 1. The van der Waals surface area contributed by atoms with Gasteiger partial charge in [0.2, 0.25) is 0 Å². The van der Waals surface area contributed by atoms with Crippen LogP contribution in [0.2, 0.25) is 0 Å². The first-order valence-electron chi connectivity index (χ1n) is 8.94. The van der Waals surface area contributed by atoms with E-state index in [9.17, 15) is 0 Å². The van der Waals surface area contributed by atoms with Gasteiger partial charge in [0.05, 0.1) is 26.9 Å². The predicted octanol–water partition coefficient (Wildman–Crippen LogP) is 3.89. The molecule has 0 radical (unpaired) electrons. The van der Waals surface area contributed by atoms with E-state index in [2.05, 4.69) is 17.9 Å². The van der Waals surface area contributed by atoms with Crippen molar-refractivity contribution in [1.29, 1.82) is 0 Å². The van der Waals surface area contributed by atoms with Crippen molar-refractivity contribution in [3.8, 4) is 23.0 Å². The van der Waals surface area contributed by atoms with Crippen LogP contribution in [0.15, 0.2) is 36.4 Å².